The number of nitro groups is 1. The molecule has 6 heteroatoms. The molecule has 2 rings (SSSR count). The van der Waals surface area contributed by atoms with Gasteiger partial charge in [-0.3, -0.25) is 10.1 Å². The van der Waals surface area contributed by atoms with Gasteiger partial charge in [-0.25, -0.2) is 0 Å². The maximum atomic E-state index is 11.0. The first-order valence-corrected chi connectivity index (χ1v) is 8.59. The molecule has 0 amide bonds. The highest BCUT2D eigenvalue weighted by Crippen LogP contribution is 2.32. The van der Waals surface area contributed by atoms with Crippen LogP contribution in [0.25, 0.3) is 12.2 Å². The lowest BCUT2D eigenvalue weighted by Crippen LogP contribution is -1.98. The van der Waals surface area contributed by atoms with Gasteiger partial charge in [0.05, 0.1) is 11.5 Å². The van der Waals surface area contributed by atoms with Gasteiger partial charge in [-0.1, -0.05) is 29.9 Å². The van der Waals surface area contributed by atoms with E-state index in [9.17, 15) is 20.3 Å². The van der Waals surface area contributed by atoms with Gasteiger partial charge < -0.3 is 14.9 Å². The van der Waals surface area contributed by atoms with Crippen LogP contribution in [0.4, 0.5) is 5.69 Å². The quantitative estimate of drug-likeness (QED) is 0.307. The minimum atomic E-state index is -0.630. The molecule has 0 spiro atoms. The van der Waals surface area contributed by atoms with Crippen LogP contribution in [0, 0.1) is 10.1 Å². The Labute approximate surface area is 158 Å². The van der Waals surface area contributed by atoms with E-state index in [2.05, 4.69) is 6.08 Å². The first kappa shape index (κ1) is 20.0. The molecule has 0 heterocycles. The van der Waals surface area contributed by atoms with Gasteiger partial charge >= 0.3 is 5.69 Å². The molecule has 0 aliphatic rings. The van der Waals surface area contributed by atoms with Crippen molar-refractivity contribution in [2.45, 2.75) is 27.2 Å². The summed E-state index contributed by atoms with van der Waals surface area (Å²) >= 11 is 0. The highest BCUT2D eigenvalue weighted by molar-refractivity contribution is 5.75. The molecule has 0 radical (unpaired) electrons. The fourth-order valence-electron chi connectivity index (χ4n) is 2.59. The number of phenols is 2. The number of nitrogens with zero attached hydrogens (tertiary/aromatic N) is 1. The third kappa shape index (κ3) is 5.34. The number of benzene rings is 2. The zero-order chi connectivity index (χ0) is 20.0. The van der Waals surface area contributed by atoms with Crippen LogP contribution in [-0.4, -0.2) is 21.7 Å². The Bertz CT molecular complexity index is 896. The topological polar surface area (TPSA) is 92.8 Å². The van der Waals surface area contributed by atoms with Crippen molar-refractivity contribution < 1.29 is 19.9 Å². The van der Waals surface area contributed by atoms with Gasteiger partial charge in [-0.15, -0.1) is 0 Å². The van der Waals surface area contributed by atoms with Gasteiger partial charge in [-0.2, -0.15) is 0 Å². The van der Waals surface area contributed by atoms with Crippen LogP contribution in [0.5, 0.6) is 17.2 Å². The normalized spacial score (nSPS) is 10.8. The Hall–Kier alpha value is -3.28. The molecule has 0 atom stereocenters. The van der Waals surface area contributed by atoms with Crippen molar-refractivity contribution in [1.82, 2.24) is 0 Å². The van der Waals surface area contributed by atoms with Crippen molar-refractivity contribution in [3.05, 3.63) is 68.8 Å². The van der Waals surface area contributed by atoms with Crippen LogP contribution >= 0.6 is 0 Å². The maximum Gasteiger partial charge on any atom is 0.311 e. The summed E-state index contributed by atoms with van der Waals surface area (Å²) in [6.07, 6.45) is 6.17. The number of hydrogen-bond donors (Lipinski definition) is 2. The van der Waals surface area contributed by atoms with E-state index in [1.807, 2.05) is 20.8 Å². The highest BCUT2D eigenvalue weighted by Gasteiger charge is 2.13. The Morgan fingerprint density at radius 3 is 2.56 bits per heavy atom. The van der Waals surface area contributed by atoms with Crippen LogP contribution in [0.1, 0.15) is 37.5 Å². The van der Waals surface area contributed by atoms with Crippen LogP contribution in [0.2, 0.25) is 0 Å². The molecule has 0 fully saturated rings. The van der Waals surface area contributed by atoms with Crippen molar-refractivity contribution in [1.29, 1.82) is 0 Å². The Balaban J connectivity index is 2.47. The third-order valence-electron chi connectivity index (χ3n) is 3.89. The minimum absolute atomic E-state index is 0.0794. The van der Waals surface area contributed by atoms with Crippen LogP contribution in [0.3, 0.4) is 0 Å². The highest BCUT2D eigenvalue weighted by atomic mass is 16.6. The average molecular weight is 369 g/mol. The number of aromatic hydroxyl groups is 2. The SMILES string of the molecule is CCOc1cc(O)cc(C=Cc2ccc(O)c([N+](=O)[O-])c2)c1CC=C(C)C. The monoisotopic (exact) mass is 369 g/mol. The maximum absolute atomic E-state index is 11.0. The van der Waals surface area contributed by atoms with E-state index in [-0.39, 0.29) is 17.2 Å². The Morgan fingerprint density at radius 1 is 1.19 bits per heavy atom. The number of allylic oxidation sites excluding steroid dienone is 2. The lowest BCUT2D eigenvalue weighted by Gasteiger charge is -2.13. The number of hydrogen-bond acceptors (Lipinski definition) is 5. The summed E-state index contributed by atoms with van der Waals surface area (Å²) in [4.78, 5) is 10.3. The van der Waals surface area contributed by atoms with Crippen molar-refractivity contribution in [3.63, 3.8) is 0 Å². The van der Waals surface area contributed by atoms with Crippen molar-refractivity contribution >= 4 is 17.8 Å². The fraction of sp³-hybridized carbons (Fsp3) is 0.238. The predicted octanol–water partition coefficient (Wildman–Crippen LogP) is 5.08. The first-order valence-electron chi connectivity index (χ1n) is 8.59. The van der Waals surface area contributed by atoms with Crippen LogP contribution in [-0.2, 0) is 6.42 Å². The zero-order valence-corrected chi connectivity index (χ0v) is 15.6. The lowest BCUT2D eigenvalue weighted by molar-refractivity contribution is -0.385. The molecule has 0 bridgehead atoms. The van der Waals surface area contributed by atoms with E-state index < -0.39 is 4.92 Å². The van der Waals surface area contributed by atoms with E-state index in [1.54, 1.807) is 30.4 Å². The summed E-state index contributed by atoms with van der Waals surface area (Å²) in [6, 6.07) is 7.38. The van der Waals surface area contributed by atoms with Crippen molar-refractivity contribution in [3.8, 4) is 17.2 Å². The molecule has 0 aliphatic heterocycles. The molecule has 27 heavy (non-hydrogen) atoms. The third-order valence-corrected chi connectivity index (χ3v) is 3.89. The summed E-state index contributed by atoms with van der Waals surface area (Å²) in [5.41, 5.74) is 3.04. The average Bonchev–Trinajstić information content (AvgIpc) is 2.59. The van der Waals surface area contributed by atoms with Gasteiger partial charge in [0, 0.05) is 17.7 Å². The second-order valence-corrected chi connectivity index (χ2v) is 6.27. The molecule has 2 aromatic rings. The zero-order valence-electron chi connectivity index (χ0n) is 15.6. The van der Waals surface area contributed by atoms with Gasteiger partial charge in [-0.05, 0) is 50.5 Å². The van der Waals surface area contributed by atoms with Gasteiger partial charge in [0.25, 0.3) is 0 Å². The van der Waals surface area contributed by atoms with Crippen molar-refractivity contribution in [2.24, 2.45) is 0 Å². The summed E-state index contributed by atoms with van der Waals surface area (Å²) in [6.45, 7) is 6.36. The van der Waals surface area contributed by atoms with Gasteiger partial charge in [0.15, 0.2) is 5.75 Å². The van der Waals surface area contributed by atoms with Gasteiger partial charge in [0.2, 0.25) is 0 Å². The Kier molecular flexibility index (Phi) is 6.60. The molecule has 0 saturated heterocycles. The van der Waals surface area contributed by atoms with Crippen LogP contribution in [0.15, 0.2) is 42.0 Å². The molecule has 0 aliphatic carbocycles. The van der Waals surface area contributed by atoms with Crippen LogP contribution < -0.4 is 4.74 Å². The van der Waals surface area contributed by atoms with E-state index in [0.717, 1.165) is 16.7 Å². The number of rotatable bonds is 7. The molecule has 142 valence electrons. The fourth-order valence-corrected chi connectivity index (χ4v) is 2.59. The molecule has 0 unspecified atom stereocenters. The number of nitro benzene ring substituents is 1. The van der Waals surface area contributed by atoms with Crippen molar-refractivity contribution in [2.75, 3.05) is 6.61 Å². The molecule has 2 aromatic carbocycles. The second-order valence-electron chi connectivity index (χ2n) is 6.27. The minimum Gasteiger partial charge on any atom is -0.508 e. The van der Waals surface area contributed by atoms with E-state index in [4.69, 9.17) is 4.74 Å². The van der Waals surface area contributed by atoms with E-state index in [0.29, 0.717) is 24.3 Å². The molecular formula is C21H23NO5. The standard InChI is InChI=1S/C21H23NO5/c1-4-27-21-13-17(23)12-16(18(21)9-5-14(2)3)8-6-15-7-10-20(24)19(11-15)22(25)26/h5-8,10-13,23-24H,4,9H2,1-3H3. The van der Waals surface area contributed by atoms with E-state index in [1.165, 1.54) is 12.1 Å². The largest absolute Gasteiger partial charge is 0.508 e. The number of ether oxygens (including phenoxy) is 1. The Morgan fingerprint density at radius 2 is 1.93 bits per heavy atom. The molecule has 2 N–H and O–H groups in total. The van der Waals surface area contributed by atoms with E-state index >= 15 is 0 Å². The van der Waals surface area contributed by atoms with Gasteiger partial charge in [0.1, 0.15) is 11.5 Å². The summed E-state index contributed by atoms with van der Waals surface area (Å²) in [5, 5.41) is 30.6. The summed E-state index contributed by atoms with van der Waals surface area (Å²) in [7, 11) is 0. The number of phenolic OH excluding ortho intramolecular Hbond substituents is 2. The first-order chi connectivity index (χ1) is 12.8. The predicted molar refractivity (Wildman–Crippen MR) is 106 cm³/mol. The lowest BCUT2D eigenvalue weighted by atomic mass is 10.00. The summed E-state index contributed by atoms with van der Waals surface area (Å²) in [5.74, 6) is 0.305. The molecular weight excluding hydrogens is 346 g/mol. The summed E-state index contributed by atoms with van der Waals surface area (Å²) < 4.78 is 5.66. The molecule has 6 nitrogen and oxygen atoms in total. The second kappa shape index (κ2) is 8.89. The smallest absolute Gasteiger partial charge is 0.311 e. The molecule has 0 aromatic heterocycles. The molecule has 0 saturated carbocycles.